The number of aliphatic hydroxyl groups is 1. The first-order chi connectivity index (χ1) is 14.3. The highest BCUT2D eigenvalue weighted by atomic mass is 35.5. The van der Waals surface area contributed by atoms with E-state index < -0.39 is 5.60 Å². The number of nitrogens with zero attached hydrogens (tertiary/aromatic N) is 2. The molecule has 2 heterocycles. The minimum absolute atomic E-state index is 0.313. The Kier molecular flexibility index (Phi) is 5.64. The van der Waals surface area contributed by atoms with Gasteiger partial charge in [0.05, 0.1) is 5.69 Å². The maximum atomic E-state index is 13.7. The number of halogens is 2. The van der Waals surface area contributed by atoms with E-state index in [4.69, 9.17) is 16.0 Å². The first-order valence-electron chi connectivity index (χ1n) is 9.19. The third-order valence-electron chi connectivity index (χ3n) is 4.36. The molecule has 4 rings (SSSR count). The quantitative estimate of drug-likeness (QED) is 0.380. The molecule has 0 aliphatic heterocycles. The van der Waals surface area contributed by atoms with Gasteiger partial charge in [0, 0.05) is 27.2 Å². The third kappa shape index (κ3) is 4.56. The molecule has 0 spiro atoms. The molecule has 0 saturated heterocycles. The Morgan fingerprint density at radius 1 is 1.03 bits per heavy atom. The normalized spacial score (nSPS) is 11.6. The van der Waals surface area contributed by atoms with Crippen molar-refractivity contribution in [2.45, 2.75) is 29.4 Å². The fraction of sp³-hybridized carbons (Fsp3) is 0.130. The first kappa shape index (κ1) is 20.6. The lowest BCUT2D eigenvalue weighted by atomic mass is 10.0. The highest BCUT2D eigenvalue weighted by molar-refractivity contribution is 7.99. The number of hydrogen-bond donors (Lipinski definition) is 1. The van der Waals surface area contributed by atoms with Crippen LogP contribution in [0.4, 0.5) is 4.39 Å². The standard InChI is InChI=1S/C23H18ClFN2O2S/c1-23(2,28)19-11-6-15(13-26-19)20-22(30-18-9-7-16(24)8-10-18)29-21(27-20)14-4-3-5-17(25)12-14/h3-13,28H,1-2H3. The molecule has 0 amide bonds. The summed E-state index contributed by atoms with van der Waals surface area (Å²) in [4.78, 5) is 9.90. The van der Waals surface area contributed by atoms with E-state index in [1.807, 2.05) is 18.2 Å². The summed E-state index contributed by atoms with van der Waals surface area (Å²) in [6.45, 7) is 3.35. The Morgan fingerprint density at radius 3 is 2.43 bits per heavy atom. The van der Waals surface area contributed by atoms with Crippen LogP contribution in [-0.4, -0.2) is 15.1 Å². The Morgan fingerprint density at radius 2 is 1.80 bits per heavy atom. The van der Waals surface area contributed by atoms with Gasteiger partial charge in [0.25, 0.3) is 0 Å². The molecule has 2 aromatic heterocycles. The van der Waals surface area contributed by atoms with Crippen LogP contribution in [-0.2, 0) is 5.60 Å². The molecule has 0 bridgehead atoms. The summed E-state index contributed by atoms with van der Waals surface area (Å²) in [5.74, 6) is -0.0529. The maximum absolute atomic E-state index is 13.7. The summed E-state index contributed by atoms with van der Waals surface area (Å²) in [6.07, 6.45) is 1.65. The van der Waals surface area contributed by atoms with Gasteiger partial charge in [0.2, 0.25) is 5.89 Å². The van der Waals surface area contributed by atoms with E-state index in [1.165, 1.54) is 23.9 Å². The van der Waals surface area contributed by atoms with E-state index in [0.717, 1.165) is 10.5 Å². The van der Waals surface area contributed by atoms with E-state index in [1.54, 1.807) is 50.4 Å². The van der Waals surface area contributed by atoms with Crippen LogP contribution >= 0.6 is 23.4 Å². The molecule has 0 fully saturated rings. The lowest BCUT2D eigenvalue weighted by Gasteiger charge is -2.16. The fourth-order valence-electron chi connectivity index (χ4n) is 2.81. The van der Waals surface area contributed by atoms with Crippen LogP contribution in [0.15, 0.2) is 81.3 Å². The predicted octanol–water partition coefficient (Wildman–Crippen LogP) is 6.57. The van der Waals surface area contributed by atoms with Crippen molar-refractivity contribution in [1.29, 1.82) is 0 Å². The Bertz CT molecular complexity index is 1170. The minimum atomic E-state index is -1.05. The van der Waals surface area contributed by atoms with E-state index in [9.17, 15) is 9.50 Å². The molecule has 2 aromatic carbocycles. The number of rotatable bonds is 5. The van der Waals surface area contributed by atoms with Gasteiger partial charge in [-0.3, -0.25) is 4.98 Å². The van der Waals surface area contributed by atoms with Crippen LogP contribution in [0, 0.1) is 5.82 Å². The maximum Gasteiger partial charge on any atom is 0.228 e. The summed E-state index contributed by atoms with van der Waals surface area (Å²) >= 11 is 7.37. The molecule has 0 unspecified atom stereocenters. The van der Waals surface area contributed by atoms with Crippen molar-refractivity contribution in [3.05, 3.63) is 83.4 Å². The summed E-state index contributed by atoms with van der Waals surface area (Å²) < 4.78 is 19.7. The van der Waals surface area contributed by atoms with Crippen molar-refractivity contribution in [3.63, 3.8) is 0 Å². The topological polar surface area (TPSA) is 59.2 Å². The second-order valence-corrected chi connectivity index (χ2v) is 8.70. The predicted molar refractivity (Wildman–Crippen MR) is 116 cm³/mol. The molecule has 0 aliphatic carbocycles. The van der Waals surface area contributed by atoms with Gasteiger partial charge >= 0.3 is 0 Å². The summed E-state index contributed by atoms with van der Waals surface area (Å²) in [5.41, 5.74) is 1.36. The smallest absolute Gasteiger partial charge is 0.228 e. The van der Waals surface area contributed by atoms with E-state index in [-0.39, 0.29) is 5.82 Å². The number of pyridine rings is 1. The Labute approximate surface area is 182 Å². The number of benzene rings is 2. The highest BCUT2D eigenvalue weighted by Gasteiger charge is 2.21. The number of hydrogen-bond acceptors (Lipinski definition) is 5. The molecule has 30 heavy (non-hydrogen) atoms. The van der Waals surface area contributed by atoms with Crippen molar-refractivity contribution < 1.29 is 13.9 Å². The fourth-order valence-corrected chi connectivity index (χ4v) is 3.80. The average molecular weight is 441 g/mol. The van der Waals surface area contributed by atoms with Gasteiger partial charge in [-0.2, -0.15) is 0 Å². The van der Waals surface area contributed by atoms with Crippen molar-refractivity contribution in [2.24, 2.45) is 0 Å². The van der Waals surface area contributed by atoms with Crippen molar-refractivity contribution in [2.75, 3.05) is 0 Å². The van der Waals surface area contributed by atoms with Gasteiger partial charge in [-0.25, -0.2) is 9.37 Å². The summed E-state index contributed by atoms with van der Waals surface area (Å²) in [6, 6.07) is 17.1. The SMILES string of the molecule is CC(C)(O)c1ccc(-c2nc(-c3cccc(F)c3)oc2Sc2ccc(Cl)cc2)cn1. The molecule has 152 valence electrons. The molecule has 4 nitrogen and oxygen atoms in total. The van der Waals surface area contributed by atoms with Gasteiger partial charge in [0.1, 0.15) is 17.1 Å². The largest absolute Gasteiger partial charge is 0.429 e. The zero-order valence-corrected chi connectivity index (χ0v) is 17.8. The van der Waals surface area contributed by atoms with E-state index in [2.05, 4.69) is 9.97 Å². The number of oxazole rings is 1. The third-order valence-corrected chi connectivity index (χ3v) is 5.58. The molecule has 0 atom stereocenters. The zero-order valence-electron chi connectivity index (χ0n) is 16.3. The van der Waals surface area contributed by atoms with E-state index in [0.29, 0.717) is 33.0 Å². The van der Waals surface area contributed by atoms with Gasteiger partial charge < -0.3 is 9.52 Å². The van der Waals surface area contributed by atoms with Crippen LogP contribution in [0.25, 0.3) is 22.7 Å². The van der Waals surface area contributed by atoms with Crippen LogP contribution in [0.2, 0.25) is 5.02 Å². The minimum Gasteiger partial charge on any atom is -0.429 e. The average Bonchev–Trinajstić information content (AvgIpc) is 3.13. The van der Waals surface area contributed by atoms with Crippen LogP contribution in [0.3, 0.4) is 0 Å². The van der Waals surface area contributed by atoms with Crippen molar-refractivity contribution in [3.8, 4) is 22.7 Å². The lowest BCUT2D eigenvalue weighted by Crippen LogP contribution is -2.17. The molecule has 1 N–H and O–H groups in total. The lowest BCUT2D eigenvalue weighted by molar-refractivity contribution is 0.0739. The van der Waals surface area contributed by atoms with Crippen molar-refractivity contribution >= 4 is 23.4 Å². The van der Waals surface area contributed by atoms with Crippen LogP contribution in [0.1, 0.15) is 19.5 Å². The van der Waals surface area contributed by atoms with Gasteiger partial charge in [-0.05, 0) is 80.2 Å². The molecule has 7 heteroatoms. The summed E-state index contributed by atoms with van der Waals surface area (Å²) in [5, 5.41) is 11.3. The highest BCUT2D eigenvalue weighted by Crippen LogP contribution is 2.39. The molecular formula is C23H18ClFN2O2S. The monoisotopic (exact) mass is 440 g/mol. The molecular weight excluding hydrogens is 423 g/mol. The molecule has 0 saturated carbocycles. The summed E-state index contributed by atoms with van der Waals surface area (Å²) in [7, 11) is 0. The first-order valence-corrected chi connectivity index (χ1v) is 10.4. The van der Waals surface area contributed by atoms with Gasteiger partial charge in [-0.15, -0.1) is 0 Å². The van der Waals surface area contributed by atoms with E-state index >= 15 is 0 Å². The van der Waals surface area contributed by atoms with Crippen LogP contribution in [0.5, 0.6) is 0 Å². The molecule has 0 radical (unpaired) electrons. The Balaban J connectivity index is 1.77. The molecule has 4 aromatic rings. The van der Waals surface area contributed by atoms with Gasteiger partial charge in [-0.1, -0.05) is 17.7 Å². The second-order valence-electron chi connectivity index (χ2n) is 7.21. The van der Waals surface area contributed by atoms with Crippen LogP contribution < -0.4 is 0 Å². The van der Waals surface area contributed by atoms with Crippen molar-refractivity contribution in [1.82, 2.24) is 9.97 Å². The zero-order chi connectivity index (χ0) is 21.3. The molecule has 0 aliphatic rings. The Hall–Kier alpha value is -2.67. The van der Waals surface area contributed by atoms with Gasteiger partial charge in [0.15, 0.2) is 5.09 Å². The number of aromatic nitrogens is 2. The second kappa shape index (κ2) is 8.22.